The molecule has 9 heteroatoms. The van der Waals surface area contributed by atoms with Crippen LogP contribution in [-0.2, 0) is 15.7 Å². The lowest BCUT2D eigenvalue weighted by molar-refractivity contribution is -0.136. The van der Waals surface area contributed by atoms with Crippen molar-refractivity contribution in [3.05, 3.63) is 35.2 Å². The molecule has 2 unspecified atom stereocenters. The highest BCUT2D eigenvalue weighted by molar-refractivity contribution is 6.22. The van der Waals surface area contributed by atoms with Gasteiger partial charge in [0.15, 0.2) is 5.69 Å². The molecule has 5 atom stereocenters. The van der Waals surface area contributed by atoms with Gasteiger partial charge in [0.25, 0.3) is 5.91 Å². The van der Waals surface area contributed by atoms with Crippen LogP contribution in [0.5, 0.6) is 0 Å². The summed E-state index contributed by atoms with van der Waals surface area (Å²) in [5.41, 5.74) is -1.87. The van der Waals surface area contributed by atoms with E-state index in [9.17, 15) is 22.8 Å². The Morgan fingerprint density at radius 1 is 1.24 bits per heavy atom. The van der Waals surface area contributed by atoms with Gasteiger partial charge in [-0.15, -0.1) is 0 Å². The maximum Gasteiger partial charge on any atom is 0.407 e. The number of carbonyl (C=O) groups is 2. The zero-order chi connectivity index (χ0) is 17.7. The second-order valence-electron chi connectivity index (χ2n) is 6.65. The predicted molar refractivity (Wildman–Crippen MR) is 76.8 cm³/mol. The van der Waals surface area contributed by atoms with Crippen molar-refractivity contribution in [1.29, 1.82) is 0 Å². The lowest BCUT2D eigenvalue weighted by atomic mass is 9.98. The highest BCUT2D eigenvalue weighted by Gasteiger charge is 2.72. The van der Waals surface area contributed by atoms with E-state index in [0.717, 1.165) is 11.0 Å². The maximum atomic E-state index is 13.2. The lowest BCUT2D eigenvalue weighted by Crippen LogP contribution is -2.44. The summed E-state index contributed by atoms with van der Waals surface area (Å²) in [7, 11) is 0. The van der Waals surface area contributed by atoms with Gasteiger partial charge < -0.3 is 9.64 Å². The van der Waals surface area contributed by atoms with Gasteiger partial charge in [-0.1, -0.05) is 6.07 Å². The van der Waals surface area contributed by atoms with Crippen molar-refractivity contribution >= 4 is 23.3 Å². The Morgan fingerprint density at radius 3 is 2.68 bits per heavy atom. The minimum atomic E-state index is -4.74. The molecule has 0 radical (unpaired) electrons. The van der Waals surface area contributed by atoms with E-state index >= 15 is 0 Å². The molecule has 5 rings (SSSR count). The van der Waals surface area contributed by atoms with Gasteiger partial charge in [-0.25, -0.2) is 14.5 Å². The van der Waals surface area contributed by atoms with E-state index in [1.54, 1.807) is 0 Å². The maximum absolute atomic E-state index is 13.2. The molecule has 3 aliphatic heterocycles. The first-order valence-electron chi connectivity index (χ1n) is 7.73. The third-order valence-electron chi connectivity index (χ3n) is 5.49. The van der Waals surface area contributed by atoms with Gasteiger partial charge >= 0.3 is 12.2 Å². The molecule has 6 nitrogen and oxygen atoms in total. The number of anilines is 1. The summed E-state index contributed by atoms with van der Waals surface area (Å²) < 4.78 is 44.9. The van der Waals surface area contributed by atoms with E-state index in [-0.39, 0.29) is 29.9 Å². The van der Waals surface area contributed by atoms with Crippen LogP contribution in [0.3, 0.4) is 0 Å². The molecule has 3 amide bonds. The van der Waals surface area contributed by atoms with Gasteiger partial charge in [-0.05, 0) is 18.6 Å². The van der Waals surface area contributed by atoms with Gasteiger partial charge in [0, 0.05) is 5.92 Å². The number of amides is 3. The lowest BCUT2D eigenvalue weighted by Gasteiger charge is -2.23. The summed E-state index contributed by atoms with van der Waals surface area (Å²) in [4.78, 5) is 30.6. The van der Waals surface area contributed by atoms with E-state index < -0.39 is 35.4 Å². The smallest absolute Gasteiger partial charge is 0.367 e. The first kappa shape index (κ1) is 14.7. The molecule has 25 heavy (non-hydrogen) atoms. The number of fused-ring (bicyclic) bond motifs is 8. The number of epoxide rings is 1. The monoisotopic (exact) mass is 349 g/mol. The fourth-order valence-corrected chi connectivity index (χ4v) is 4.46. The number of imide groups is 1. The Labute approximate surface area is 139 Å². The van der Waals surface area contributed by atoms with E-state index in [1.807, 2.05) is 0 Å². The van der Waals surface area contributed by atoms with Crippen LogP contribution in [0.25, 0.3) is 4.85 Å². The molecular formula is C16H10F3N3O3. The summed E-state index contributed by atoms with van der Waals surface area (Å²) in [6.07, 6.45) is -4.10. The molecule has 3 heterocycles. The predicted octanol–water partition coefficient (Wildman–Crippen LogP) is 2.56. The first-order chi connectivity index (χ1) is 11.8. The van der Waals surface area contributed by atoms with Gasteiger partial charge in [-0.2, -0.15) is 13.2 Å². The van der Waals surface area contributed by atoms with Crippen LogP contribution >= 0.6 is 0 Å². The van der Waals surface area contributed by atoms with Crippen LogP contribution in [0.2, 0.25) is 0 Å². The Kier molecular flexibility index (Phi) is 2.54. The number of benzene rings is 1. The second-order valence-corrected chi connectivity index (χ2v) is 6.65. The molecule has 4 fully saturated rings. The third-order valence-corrected chi connectivity index (χ3v) is 5.49. The highest BCUT2D eigenvalue weighted by atomic mass is 19.4. The van der Waals surface area contributed by atoms with Crippen molar-refractivity contribution in [3.8, 4) is 0 Å². The standard InChI is InChI=1S/C16H10F3N3O3/c1-20-9-3-2-6(4-8(9)16(17,18)19)21-14(23)11-7-5-10(13-12(7)25-13)22(11)15(21)24/h2-4,7,10-13H,5H2/t7?,10?,11-,12+,13-/m1/s1. The number of piperidine rings is 1. The van der Waals surface area contributed by atoms with E-state index in [2.05, 4.69) is 4.85 Å². The van der Waals surface area contributed by atoms with Crippen molar-refractivity contribution in [2.24, 2.45) is 5.92 Å². The van der Waals surface area contributed by atoms with Crippen LogP contribution in [-0.4, -0.2) is 41.1 Å². The molecule has 1 aromatic rings. The summed E-state index contributed by atoms with van der Waals surface area (Å²) >= 11 is 0. The molecule has 1 saturated carbocycles. The number of ether oxygens (including phenoxy) is 1. The van der Waals surface area contributed by atoms with Crippen molar-refractivity contribution in [3.63, 3.8) is 0 Å². The Morgan fingerprint density at radius 2 is 2.00 bits per heavy atom. The summed E-state index contributed by atoms with van der Waals surface area (Å²) in [5.74, 6) is -0.601. The number of hydrogen-bond donors (Lipinski definition) is 0. The van der Waals surface area contributed by atoms with Crippen molar-refractivity contribution in [2.45, 2.75) is 36.9 Å². The number of nitrogens with zero attached hydrogens (tertiary/aromatic N) is 3. The quantitative estimate of drug-likeness (QED) is 0.445. The molecule has 3 saturated heterocycles. The van der Waals surface area contributed by atoms with E-state index in [1.165, 1.54) is 11.0 Å². The molecule has 1 aromatic carbocycles. The number of hydrogen-bond acceptors (Lipinski definition) is 3. The SMILES string of the molecule is [C-]#[N+]c1ccc(N2C(=O)[C@H]3C4CC([C@H]5O[C@@H]45)N3C2=O)cc1C(F)(F)F. The normalized spacial score (nSPS) is 35.0. The molecule has 128 valence electrons. The van der Waals surface area contributed by atoms with Gasteiger partial charge in [0.1, 0.15) is 12.1 Å². The molecule has 0 aromatic heterocycles. The Hall–Kier alpha value is -2.60. The molecule has 0 N–H and O–H groups in total. The largest absolute Gasteiger partial charge is 0.407 e. The Bertz CT molecular complexity index is 846. The topological polar surface area (TPSA) is 57.5 Å². The minimum absolute atomic E-state index is 0.0156. The molecule has 0 spiro atoms. The van der Waals surface area contributed by atoms with Crippen LogP contribution in [0.1, 0.15) is 12.0 Å². The third kappa shape index (κ3) is 1.72. The summed E-state index contributed by atoms with van der Waals surface area (Å²) in [6, 6.07) is 1.46. The van der Waals surface area contributed by atoms with Gasteiger partial charge in [-0.3, -0.25) is 4.79 Å². The fourth-order valence-electron chi connectivity index (χ4n) is 4.46. The van der Waals surface area contributed by atoms with Crippen LogP contribution in [0.15, 0.2) is 18.2 Å². The molecular weight excluding hydrogens is 339 g/mol. The number of rotatable bonds is 1. The summed E-state index contributed by atoms with van der Waals surface area (Å²) in [6.45, 7) is 6.87. The van der Waals surface area contributed by atoms with Crippen LogP contribution in [0, 0.1) is 12.5 Å². The van der Waals surface area contributed by atoms with Crippen LogP contribution in [0.4, 0.5) is 29.3 Å². The first-order valence-corrected chi connectivity index (χ1v) is 7.73. The molecule has 1 aliphatic carbocycles. The van der Waals surface area contributed by atoms with Crippen molar-refractivity contribution in [2.75, 3.05) is 4.90 Å². The number of halogens is 3. The minimum Gasteiger partial charge on any atom is -0.367 e. The fraction of sp³-hybridized carbons (Fsp3) is 0.438. The van der Waals surface area contributed by atoms with E-state index in [0.29, 0.717) is 12.5 Å². The van der Waals surface area contributed by atoms with Crippen LogP contribution < -0.4 is 4.90 Å². The average Bonchev–Trinajstić information content (AvgIpc) is 3.08. The average molecular weight is 349 g/mol. The molecule has 4 aliphatic rings. The summed E-state index contributed by atoms with van der Waals surface area (Å²) in [5, 5.41) is 0. The molecule has 2 bridgehead atoms. The number of alkyl halides is 3. The van der Waals surface area contributed by atoms with Gasteiger partial charge in [0.05, 0.1) is 30.0 Å². The number of carbonyl (C=O) groups excluding carboxylic acids is 2. The Balaban J connectivity index is 1.56. The van der Waals surface area contributed by atoms with Crippen molar-refractivity contribution < 1.29 is 27.5 Å². The van der Waals surface area contributed by atoms with Gasteiger partial charge in [0.2, 0.25) is 0 Å². The highest BCUT2D eigenvalue weighted by Crippen LogP contribution is 2.56. The van der Waals surface area contributed by atoms with E-state index in [4.69, 9.17) is 11.3 Å². The number of urea groups is 1. The zero-order valence-electron chi connectivity index (χ0n) is 12.5. The zero-order valence-corrected chi connectivity index (χ0v) is 12.5. The second kappa shape index (κ2) is 4.32. The van der Waals surface area contributed by atoms with Crippen molar-refractivity contribution in [1.82, 2.24) is 4.90 Å².